The molecule has 0 saturated carbocycles. The molecule has 0 spiro atoms. The second-order valence-electron chi connectivity index (χ2n) is 7.74. The molecule has 0 amide bonds. The second-order valence-corrected chi connectivity index (χ2v) is 7.74. The summed E-state index contributed by atoms with van der Waals surface area (Å²) in [6.45, 7) is 0. The Morgan fingerprint density at radius 2 is 1.81 bits per heavy atom. The van der Waals surface area contributed by atoms with Gasteiger partial charge in [0, 0.05) is 25.0 Å². The zero-order valence-corrected chi connectivity index (χ0v) is 18.4. The Hall–Kier alpha value is -4.94. The van der Waals surface area contributed by atoms with Crippen LogP contribution in [0, 0.1) is 0 Å². The van der Waals surface area contributed by atoms with Gasteiger partial charge in [0.2, 0.25) is 0 Å². The molecule has 0 aliphatic carbocycles. The highest BCUT2D eigenvalue weighted by molar-refractivity contribution is 6.01. The molecular weight excluding hydrogens is 477 g/mol. The molecule has 1 aromatic carbocycles. The van der Waals surface area contributed by atoms with Crippen molar-refractivity contribution in [2.75, 3.05) is 0 Å². The first-order chi connectivity index (χ1) is 17.2. The van der Waals surface area contributed by atoms with Crippen LogP contribution in [0.25, 0.3) is 38.9 Å². The summed E-state index contributed by atoms with van der Waals surface area (Å²) in [4.78, 5) is 39.1. The molecule has 180 valence electrons. The molecule has 4 heterocycles. The fourth-order valence-corrected chi connectivity index (χ4v) is 3.83. The van der Waals surface area contributed by atoms with Gasteiger partial charge < -0.3 is 5.84 Å². The maximum Gasteiger partial charge on any atom is 0.416 e. The van der Waals surface area contributed by atoms with Crippen molar-refractivity contribution >= 4 is 27.8 Å². The number of fused-ring (bicyclic) bond motifs is 3. The largest absolute Gasteiger partial charge is 0.416 e. The third-order valence-corrected chi connectivity index (χ3v) is 5.56. The number of alkyl halides is 3. The van der Waals surface area contributed by atoms with Gasteiger partial charge >= 0.3 is 11.9 Å². The minimum absolute atomic E-state index is 0.0171. The molecule has 0 atom stereocenters. The molecule has 2 N–H and O–H groups in total. The van der Waals surface area contributed by atoms with E-state index in [2.05, 4.69) is 25.3 Å². The topological polar surface area (TPSA) is 133 Å². The Bertz CT molecular complexity index is 1790. The fourth-order valence-electron chi connectivity index (χ4n) is 3.83. The predicted molar refractivity (Wildman–Crippen MR) is 125 cm³/mol. The van der Waals surface area contributed by atoms with Gasteiger partial charge in [0.05, 0.1) is 33.4 Å². The van der Waals surface area contributed by atoms with E-state index in [0.717, 1.165) is 21.3 Å². The van der Waals surface area contributed by atoms with Gasteiger partial charge in [-0.15, -0.1) is 5.11 Å². The van der Waals surface area contributed by atoms with E-state index in [-0.39, 0.29) is 27.9 Å². The van der Waals surface area contributed by atoms with E-state index in [1.54, 1.807) is 24.3 Å². The molecule has 0 fully saturated rings. The van der Waals surface area contributed by atoms with Crippen LogP contribution in [0.5, 0.6) is 0 Å². The Labute approximate surface area is 199 Å². The third-order valence-electron chi connectivity index (χ3n) is 5.56. The summed E-state index contributed by atoms with van der Waals surface area (Å²) in [5.41, 5.74) is -0.983. The molecule has 13 heteroatoms. The van der Waals surface area contributed by atoms with Gasteiger partial charge in [0.15, 0.2) is 5.82 Å². The number of pyridine rings is 3. The lowest BCUT2D eigenvalue weighted by atomic mass is 10.1. The summed E-state index contributed by atoms with van der Waals surface area (Å²) in [5, 5.41) is 6.82. The minimum Gasteiger partial charge on any atom is -0.305 e. The van der Waals surface area contributed by atoms with E-state index in [9.17, 15) is 22.8 Å². The monoisotopic (exact) mass is 492 g/mol. The molecule has 0 aliphatic heterocycles. The van der Waals surface area contributed by atoms with Gasteiger partial charge in [-0.2, -0.15) is 13.2 Å². The number of nitrogens with two attached hydrogens (primary N) is 1. The Balaban J connectivity index is 1.86. The van der Waals surface area contributed by atoms with Crippen molar-refractivity contribution in [1.82, 2.24) is 24.1 Å². The average Bonchev–Trinajstić information content (AvgIpc) is 2.87. The third kappa shape index (κ3) is 3.76. The first-order valence-corrected chi connectivity index (χ1v) is 10.4. The van der Waals surface area contributed by atoms with E-state index in [1.165, 1.54) is 31.6 Å². The Kier molecular flexibility index (Phi) is 5.31. The Morgan fingerprint density at radius 1 is 1.00 bits per heavy atom. The van der Waals surface area contributed by atoms with Crippen LogP contribution < -0.4 is 17.1 Å². The smallest absolute Gasteiger partial charge is 0.305 e. The quantitative estimate of drug-likeness (QED) is 0.177. The van der Waals surface area contributed by atoms with E-state index < -0.39 is 23.0 Å². The van der Waals surface area contributed by atoms with Gasteiger partial charge in [0.25, 0.3) is 5.56 Å². The summed E-state index contributed by atoms with van der Waals surface area (Å²) in [5.74, 6) is 5.31. The van der Waals surface area contributed by atoms with Crippen LogP contribution in [-0.2, 0) is 13.2 Å². The van der Waals surface area contributed by atoms with Gasteiger partial charge in [0.1, 0.15) is 5.52 Å². The lowest BCUT2D eigenvalue weighted by Gasteiger charge is -2.15. The van der Waals surface area contributed by atoms with Crippen molar-refractivity contribution in [2.24, 2.45) is 23.2 Å². The summed E-state index contributed by atoms with van der Waals surface area (Å²) in [6, 6.07) is 10.8. The number of hydrogen-bond acceptors (Lipinski definition) is 7. The van der Waals surface area contributed by atoms with Gasteiger partial charge in [-0.3, -0.25) is 18.9 Å². The zero-order chi connectivity index (χ0) is 25.6. The molecule has 5 rings (SSSR count). The number of halogens is 3. The molecule has 0 unspecified atom stereocenters. The molecule has 0 radical (unpaired) electrons. The lowest BCUT2D eigenvalue weighted by molar-refractivity contribution is -0.137. The average molecular weight is 492 g/mol. The number of rotatable bonds is 3. The van der Waals surface area contributed by atoms with Crippen LogP contribution in [-0.4, -0.2) is 24.1 Å². The SMILES string of the molecule is Cn1c(=O)c2cnc3ccc(-c4ccc(N=NN)nc4)nc3c2n(-c2cccc(C(F)(F)F)c2)c1=O. The van der Waals surface area contributed by atoms with Crippen molar-refractivity contribution in [1.29, 1.82) is 0 Å². The summed E-state index contributed by atoms with van der Waals surface area (Å²) in [6.07, 6.45) is -1.87. The normalized spacial score (nSPS) is 12.1. The van der Waals surface area contributed by atoms with Gasteiger partial charge in [-0.25, -0.2) is 14.8 Å². The molecule has 0 aliphatic rings. The zero-order valence-electron chi connectivity index (χ0n) is 18.4. The van der Waals surface area contributed by atoms with Crippen molar-refractivity contribution < 1.29 is 13.2 Å². The molecule has 0 saturated heterocycles. The van der Waals surface area contributed by atoms with Crippen LogP contribution in [0.3, 0.4) is 0 Å². The summed E-state index contributed by atoms with van der Waals surface area (Å²) < 4.78 is 42.1. The maximum atomic E-state index is 13.4. The highest BCUT2D eigenvalue weighted by atomic mass is 19.4. The molecule has 10 nitrogen and oxygen atoms in total. The molecule has 36 heavy (non-hydrogen) atoms. The number of aromatic nitrogens is 5. The molecule has 0 bridgehead atoms. The van der Waals surface area contributed by atoms with Gasteiger partial charge in [-0.1, -0.05) is 11.3 Å². The van der Waals surface area contributed by atoms with E-state index >= 15 is 0 Å². The second kappa shape index (κ2) is 8.37. The highest BCUT2D eigenvalue weighted by Gasteiger charge is 2.31. The first kappa shape index (κ1) is 22.8. The van der Waals surface area contributed by atoms with E-state index in [4.69, 9.17) is 5.84 Å². The summed E-state index contributed by atoms with van der Waals surface area (Å²) in [7, 11) is 1.24. The number of nitrogens with zero attached hydrogens (tertiary/aromatic N) is 7. The number of benzene rings is 1. The molecular formula is C23H15F3N8O2. The Morgan fingerprint density at radius 3 is 2.50 bits per heavy atom. The van der Waals surface area contributed by atoms with Crippen LogP contribution in [0.1, 0.15) is 5.56 Å². The van der Waals surface area contributed by atoms with Crippen LogP contribution in [0.15, 0.2) is 80.9 Å². The standard InChI is InChI=1S/C23H15F3N8O2/c1-33-21(35)15-11-28-17-7-6-16(12-5-8-18(29-10-12)31-32-27)30-19(17)20(15)34(22(33)36)14-4-2-3-13(9-14)23(24,25)26/h2-11H,1H3,(H2,27,29,31). The number of hydrogen-bond donors (Lipinski definition) is 1. The molecule has 5 aromatic rings. The van der Waals surface area contributed by atoms with E-state index in [1.807, 2.05) is 0 Å². The van der Waals surface area contributed by atoms with Crippen molar-refractivity contribution in [3.63, 3.8) is 0 Å². The van der Waals surface area contributed by atoms with Gasteiger partial charge in [-0.05, 0) is 42.5 Å². The highest BCUT2D eigenvalue weighted by Crippen LogP contribution is 2.31. The first-order valence-electron chi connectivity index (χ1n) is 10.4. The van der Waals surface area contributed by atoms with Crippen LogP contribution in [0.2, 0.25) is 0 Å². The lowest BCUT2D eigenvalue weighted by Crippen LogP contribution is -2.37. The van der Waals surface area contributed by atoms with E-state index in [0.29, 0.717) is 16.8 Å². The fraction of sp³-hybridized carbons (Fsp3) is 0.0870. The molecule has 4 aromatic heterocycles. The maximum absolute atomic E-state index is 13.4. The summed E-state index contributed by atoms with van der Waals surface area (Å²) >= 11 is 0. The predicted octanol–water partition coefficient (Wildman–Crippen LogP) is 3.67. The van der Waals surface area contributed by atoms with Crippen LogP contribution in [0.4, 0.5) is 19.0 Å². The minimum atomic E-state index is -4.63. The van der Waals surface area contributed by atoms with Crippen molar-refractivity contribution in [2.45, 2.75) is 6.18 Å². The van der Waals surface area contributed by atoms with Crippen molar-refractivity contribution in [3.8, 4) is 16.9 Å². The van der Waals surface area contributed by atoms with Crippen molar-refractivity contribution in [3.05, 3.63) is 87.3 Å². The van der Waals surface area contributed by atoms with Crippen LogP contribution >= 0.6 is 0 Å².